The summed E-state index contributed by atoms with van der Waals surface area (Å²) in [5.74, 6) is 0.594. The Morgan fingerprint density at radius 1 is 0.781 bits per heavy atom. The van der Waals surface area contributed by atoms with Crippen molar-refractivity contribution >= 4 is 23.2 Å². The fourth-order valence-corrected chi connectivity index (χ4v) is 3.35. The minimum atomic E-state index is -0.199. The van der Waals surface area contributed by atoms with Crippen molar-refractivity contribution in [3.63, 3.8) is 0 Å². The molecule has 160 valence electrons. The number of carbonyl (C=O) groups excluding carboxylic acids is 1. The second kappa shape index (κ2) is 10.1. The molecule has 5 N–H and O–H groups in total. The number of hydrogen-bond donors (Lipinski definition) is 4. The third kappa shape index (κ3) is 5.20. The van der Waals surface area contributed by atoms with Crippen LogP contribution in [0.2, 0.25) is 0 Å². The minimum absolute atomic E-state index is 0.157. The normalized spacial score (nSPS) is 10.5. The van der Waals surface area contributed by atoms with Crippen LogP contribution >= 0.6 is 0 Å². The van der Waals surface area contributed by atoms with E-state index in [1.54, 1.807) is 0 Å². The van der Waals surface area contributed by atoms with Gasteiger partial charge in [-0.1, -0.05) is 91.0 Å². The average molecular weight is 425 g/mol. The number of hydrazine groups is 1. The molecule has 1 amide bonds. The summed E-state index contributed by atoms with van der Waals surface area (Å²) in [4.78, 5) is 20.7. The number of nitrogens with zero attached hydrogens (tertiary/aromatic N) is 2. The van der Waals surface area contributed by atoms with Crippen molar-refractivity contribution in [1.29, 1.82) is 0 Å². The van der Waals surface area contributed by atoms with Crippen LogP contribution < -0.4 is 21.9 Å². The SMILES string of the molecule is Nc1c(NNC(=O)Cc2ccccc2)ncnc1NC(c1ccccc1)c1ccccc1. The van der Waals surface area contributed by atoms with E-state index < -0.39 is 0 Å². The first kappa shape index (κ1) is 20.9. The van der Waals surface area contributed by atoms with E-state index in [0.717, 1.165) is 16.7 Å². The van der Waals surface area contributed by atoms with Crippen molar-refractivity contribution < 1.29 is 4.79 Å². The Kier molecular flexibility index (Phi) is 6.57. The number of aromatic nitrogens is 2. The van der Waals surface area contributed by atoms with E-state index in [9.17, 15) is 4.79 Å². The van der Waals surface area contributed by atoms with Crippen molar-refractivity contribution in [3.8, 4) is 0 Å². The fourth-order valence-electron chi connectivity index (χ4n) is 3.35. The van der Waals surface area contributed by atoms with Gasteiger partial charge in [0.2, 0.25) is 5.91 Å². The molecule has 0 fully saturated rings. The zero-order valence-electron chi connectivity index (χ0n) is 17.4. The molecular weight excluding hydrogens is 400 g/mol. The Balaban J connectivity index is 1.50. The predicted octanol–water partition coefficient (Wildman–Crippen LogP) is 3.95. The molecule has 0 aliphatic carbocycles. The second-order valence-electron chi connectivity index (χ2n) is 7.22. The molecule has 32 heavy (non-hydrogen) atoms. The smallest absolute Gasteiger partial charge is 0.242 e. The van der Waals surface area contributed by atoms with Gasteiger partial charge in [-0.15, -0.1) is 0 Å². The van der Waals surface area contributed by atoms with Gasteiger partial charge < -0.3 is 11.1 Å². The van der Waals surface area contributed by atoms with Crippen LogP contribution in [0.25, 0.3) is 0 Å². The maximum absolute atomic E-state index is 12.3. The van der Waals surface area contributed by atoms with Crippen molar-refractivity contribution in [2.24, 2.45) is 0 Å². The molecule has 0 saturated heterocycles. The summed E-state index contributed by atoms with van der Waals surface area (Å²) in [6, 6.07) is 29.4. The first-order chi connectivity index (χ1) is 15.7. The molecule has 0 radical (unpaired) electrons. The lowest BCUT2D eigenvalue weighted by Gasteiger charge is -2.22. The Labute approximate surface area is 186 Å². The van der Waals surface area contributed by atoms with Crippen molar-refractivity contribution in [2.75, 3.05) is 16.5 Å². The van der Waals surface area contributed by atoms with Gasteiger partial charge in [-0.05, 0) is 16.7 Å². The summed E-state index contributed by atoms with van der Waals surface area (Å²) in [6.07, 6.45) is 1.64. The lowest BCUT2D eigenvalue weighted by atomic mass is 9.99. The molecule has 4 aromatic rings. The van der Waals surface area contributed by atoms with E-state index in [1.807, 2.05) is 91.0 Å². The van der Waals surface area contributed by atoms with Gasteiger partial charge in [0, 0.05) is 0 Å². The number of anilines is 3. The Bertz CT molecular complexity index is 1110. The van der Waals surface area contributed by atoms with E-state index in [0.29, 0.717) is 17.3 Å². The number of nitrogens with one attached hydrogen (secondary N) is 3. The number of hydrogen-bond acceptors (Lipinski definition) is 6. The maximum atomic E-state index is 12.3. The molecule has 0 spiro atoms. The molecule has 7 heteroatoms. The van der Waals surface area contributed by atoms with Crippen LogP contribution in [0, 0.1) is 0 Å². The largest absolute Gasteiger partial charge is 0.393 e. The van der Waals surface area contributed by atoms with Gasteiger partial charge in [-0.25, -0.2) is 9.97 Å². The van der Waals surface area contributed by atoms with Crippen LogP contribution in [0.1, 0.15) is 22.7 Å². The van der Waals surface area contributed by atoms with Gasteiger partial charge in [0.1, 0.15) is 12.0 Å². The number of nitrogens with two attached hydrogens (primary N) is 1. The molecule has 1 heterocycles. The molecular formula is C25H24N6O. The van der Waals surface area contributed by atoms with Crippen LogP contribution in [0.3, 0.4) is 0 Å². The maximum Gasteiger partial charge on any atom is 0.242 e. The highest BCUT2D eigenvalue weighted by Crippen LogP contribution is 2.30. The summed E-state index contributed by atoms with van der Waals surface area (Å²) in [7, 11) is 0. The molecule has 0 saturated carbocycles. The molecule has 3 aromatic carbocycles. The summed E-state index contributed by atoms with van der Waals surface area (Å²) < 4.78 is 0. The first-order valence-electron chi connectivity index (χ1n) is 10.3. The molecule has 7 nitrogen and oxygen atoms in total. The zero-order valence-corrected chi connectivity index (χ0v) is 17.4. The number of rotatable bonds is 8. The van der Waals surface area contributed by atoms with Crippen molar-refractivity contribution in [2.45, 2.75) is 12.5 Å². The number of amides is 1. The van der Waals surface area contributed by atoms with Crippen LogP contribution in [0.4, 0.5) is 17.3 Å². The minimum Gasteiger partial charge on any atom is -0.393 e. The quantitative estimate of drug-likeness (QED) is 0.319. The van der Waals surface area contributed by atoms with Gasteiger partial charge in [0.25, 0.3) is 0 Å². The molecule has 0 aliphatic rings. The lowest BCUT2D eigenvalue weighted by Crippen LogP contribution is -2.31. The molecule has 0 aliphatic heterocycles. The predicted molar refractivity (Wildman–Crippen MR) is 127 cm³/mol. The van der Waals surface area contributed by atoms with E-state index in [2.05, 4.69) is 26.1 Å². The average Bonchev–Trinajstić information content (AvgIpc) is 2.84. The number of benzene rings is 3. The third-order valence-corrected chi connectivity index (χ3v) is 4.96. The summed E-state index contributed by atoms with van der Waals surface area (Å²) >= 11 is 0. The van der Waals surface area contributed by atoms with Gasteiger partial charge in [-0.3, -0.25) is 15.6 Å². The molecule has 0 atom stereocenters. The first-order valence-corrected chi connectivity index (χ1v) is 10.3. The summed E-state index contributed by atoms with van der Waals surface area (Å²) in [5.41, 5.74) is 15.1. The van der Waals surface area contributed by atoms with Crippen LogP contribution in [0.15, 0.2) is 97.3 Å². The standard InChI is InChI=1S/C25H24N6O/c26-22-24(29-23(19-12-6-2-7-13-19)20-14-8-3-9-15-20)27-17-28-25(22)31-30-21(32)16-18-10-4-1-5-11-18/h1-15,17,23H,16,26H2,(H,30,32)(H2,27,28,29,31). The van der Waals surface area contributed by atoms with E-state index in [1.165, 1.54) is 6.33 Å². The lowest BCUT2D eigenvalue weighted by molar-refractivity contribution is -0.119. The van der Waals surface area contributed by atoms with Gasteiger partial charge in [-0.2, -0.15) is 0 Å². The van der Waals surface area contributed by atoms with Gasteiger partial charge in [0.15, 0.2) is 11.6 Å². The molecule has 1 aromatic heterocycles. The Morgan fingerprint density at radius 2 is 1.31 bits per heavy atom. The topological polar surface area (TPSA) is 105 Å². The summed E-state index contributed by atoms with van der Waals surface area (Å²) in [5, 5.41) is 3.42. The molecule has 0 bridgehead atoms. The molecule has 4 rings (SSSR count). The number of carbonyl (C=O) groups is 1. The van der Waals surface area contributed by atoms with E-state index in [4.69, 9.17) is 5.73 Å². The fraction of sp³-hybridized carbons (Fsp3) is 0.0800. The van der Waals surface area contributed by atoms with Crippen LogP contribution in [0.5, 0.6) is 0 Å². The summed E-state index contributed by atoms with van der Waals surface area (Å²) in [6.45, 7) is 0. The highest BCUT2D eigenvalue weighted by atomic mass is 16.2. The van der Waals surface area contributed by atoms with Crippen LogP contribution in [-0.2, 0) is 11.2 Å². The monoisotopic (exact) mass is 424 g/mol. The second-order valence-corrected chi connectivity index (χ2v) is 7.22. The Hall–Kier alpha value is -4.39. The highest BCUT2D eigenvalue weighted by molar-refractivity contribution is 5.82. The third-order valence-electron chi connectivity index (χ3n) is 4.96. The van der Waals surface area contributed by atoms with E-state index in [-0.39, 0.29) is 18.4 Å². The zero-order chi connectivity index (χ0) is 22.2. The van der Waals surface area contributed by atoms with Crippen molar-refractivity contribution in [3.05, 3.63) is 114 Å². The Morgan fingerprint density at radius 3 is 1.91 bits per heavy atom. The van der Waals surface area contributed by atoms with Gasteiger partial charge in [0.05, 0.1) is 12.5 Å². The van der Waals surface area contributed by atoms with Gasteiger partial charge >= 0.3 is 0 Å². The van der Waals surface area contributed by atoms with E-state index >= 15 is 0 Å². The number of nitrogen functional groups attached to an aromatic ring is 1. The van der Waals surface area contributed by atoms with Crippen molar-refractivity contribution in [1.82, 2.24) is 15.4 Å². The van der Waals surface area contributed by atoms with Crippen LogP contribution in [-0.4, -0.2) is 15.9 Å². The molecule has 0 unspecified atom stereocenters. The highest BCUT2D eigenvalue weighted by Gasteiger charge is 2.17.